The summed E-state index contributed by atoms with van der Waals surface area (Å²) in [4.78, 5) is 12.0. The molecular weight excluding hydrogens is 475 g/mol. The molecule has 8 heteroatoms. The van der Waals surface area contributed by atoms with Gasteiger partial charge in [-0.05, 0) is 48.6 Å². The smallest absolute Gasteiger partial charge is 0.368 e. The van der Waals surface area contributed by atoms with E-state index in [1.165, 1.54) is 11.8 Å². The number of carboxylic acid groups (broad SMARTS) is 1. The molecule has 0 saturated heterocycles. The number of hydrogen-bond donors (Lipinski definition) is 3. The lowest BCUT2D eigenvalue weighted by Crippen LogP contribution is -2.23. The van der Waals surface area contributed by atoms with E-state index in [0.717, 1.165) is 36.8 Å². The highest BCUT2D eigenvalue weighted by Gasteiger charge is 2.40. The van der Waals surface area contributed by atoms with Crippen LogP contribution in [0.15, 0.2) is 64.3 Å². The van der Waals surface area contributed by atoms with Crippen molar-refractivity contribution in [1.82, 2.24) is 0 Å². The van der Waals surface area contributed by atoms with E-state index in [0.29, 0.717) is 21.8 Å². The van der Waals surface area contributed by atoms with Crippen LogP contribution in [-0.2, 0) is 4.79 Å². The Morgan fingerprint density at radius 2 is 1.94 bits per heavy atom. The summed E-state index contributed by atoms with van der Waals surface area (Å²) >= 11 is 1.48. The summed E-state index contributed by atoms with van der Waals surface area (Å²) in [6.07, 6.45) is 4.28. The summed E-state index contributed by atoms with van der Waals surface area (Å²) in [7, 11) is -3.21. The number of rotatable bonds is 9. The monoisotopic (exact) mass is 508 g/mol. The quantitative estimate of drug-likeness (QED) is 0.181. The summed E-state index contributed by atoms with van der Waals surface area (Å²) in [5.41, 5.74) is 1.94. The lowest BCUT2D eigenvalue weighted by Gasteiger charge is -2.41. The van der Waals surface area contributed by atoms with Gasteiger partial charge in [-0.2, -0.15) is 15.0 Å². The lowest BCUT2D eigenvalue weighted by molar-refractivity contribution is -0.134. The highest BCUT2D eigenvalue weighted by atomic mass is 32.3. The minimum Gasteiger partial charge on any atom is -0.476 e. The predicted octanol–water partition coefficient (Wildman–Crippen LogP) is 7.91. The summed E-state index contributed by atoms with van der Waals surface area (Å²) in [6.45, 7) is 6.00. The Morgan fingerprint density at radius 1 is 1.24 bits per heavy atom. The molecule has 3 atom stereocenters. The molecule has 0 aliphatic carbocycles. The number of carboxylic acids is 1. The number of hydrogen-bond acceptors (Lipinski definition) is 5. The number of unbranched alkanes of at least 4 members (excludes halogenated alkanes) is 1. The highest BCUT2D eigenvalue weighted by Crippen LogP contribution is 2.63. The van der Waals surface area contributed by atoms with Crippen molar-refractivity contribution in [1.29, 1.82) is 0 Å². The van der Waals surface area contributed by atoms with Crippen molar-refractivity contribution >= 4 is 28.3 Å². The van der Waals surface area contributed by atoms with Crippen LogP contribution in [0.3, 0.4) is 0 Å². The van der Waals surface area contributed by atoms with Crippen LogP contribution >= 0.6 is 22.4 Å². The van der Waals surface area contributed by atoms with Crippen molar-refractivity contribution in [2.75, 3.05) is 5.75 Å². The lowest BCUT2D eigenvalue weighted by atomic mass is 9.81. The molecule has 2 aromatic carbocycles. The van der Waals surface area contributed by atoms with E-state index in [2.05, 4.69) is 19.1 Å². The minimum atomic E-state index is -3.21. The van der Waals surface area contributed by atoms with Crippen molar-refractivity contribution in [2.24, 2.45) is 5.92 Å². The van der Waals surface area contributed by atoms with Crippen LogP contribution in [0.2, 0.25) is 0 Å². The number of ether oxygens (including phenoxy) is 1. The molecule has 0 saturated carbocycles. The van der Waals surface area contributed by atoms with E-state index in [1.54, 1.807) is 6.07 Å². The second-order valence-corrected chi connectivity index (χ2v) is 12.2. The summed E-state index contributed by atoms with van der Waals surface area (Å²) in [5.74, 6) is -2.15. The Morgan fingerprint density at radius 3 is 2.56 bits per heavy atom. The molecule has 186 valence electrons. The molecule has 0 fully saturated rings. The Bertz CT molecular complexity index is 1030. The molecule has 5 nitrogen and oxygen atoms in total. The Hall–Kier alpha value is -2.00. The van der Waals surface area contributed by atoms with Gasteiger partial charge in [0, 0.05) is 12.0 Å². The highest BCUT2D eigenvalue weighted by molar-refractivity contribution is 8.24. The third-order valence-electron chi connectivity index (χ3n) is 6.42. The van der Waals surface area contributed by atoms with E-state index in [9.17, 15) is 18.3 Å². The van der Waals surface area contributed by atoms with Crippen LogP contribution in [-0.4, -0.2) is 31.2 Å². The Balaban J connectivity index is 2.21. The molecule has 0 aromatic heterocycles. The van der Waals surface area contributed by atoms with Gasteiger partial charge in [0.2, 0.25) is 5.83 Å². The molecule has 0 radical (unpaired) electrons. The van der Waals surface area contributed by atoms with Crippen LogP contribution in [0, 0.1) is 5.92 Å². The zero-order valence-corrected chi connectivity index (χ0v) is 21.4. The van der Waals surface area contributed by atoms with Gasteiger partial charge in [0.25, 0.3) is 0 Å². The maximum atomic E-state index is 13.6. The molecule has 2 aromatic rings. The third-order valence-corrected chi connectivity index (χ3v) is 9.76. The van der Waals surface area contributed by atoms with Crippen LogP contribution in [0.5, 0.6) is 5.75 Å². The molecule has 1 aliphatic heterocycles. The molecule has 3 unspecified atom stereocenters. The molecule has 0 spiro atoms. The maximum Gasteiger partial charge on any atom is 0.368 e. The fraction of sp³-hybridized carbons (Fsp3) is 0.423. The van der Waals surface area contributed by atoms with E-state index < -0.39 is 22.4 Å². The SMILES string of the molecule is CCCCC1CC(c2ccccc2)c2cc(SCC)c(O/C=C(\F)C(=O)O)cc2S(O)(O)C1C. The first-order chi connectivity index (χ1) is 16.2. The van der Waals surface area contributed by atoms with E-state index in [1.807, 2.05) is 38.1 Å². The van der Waals surface area contributed by atoms with Crippen LogP contribution in [0.4, 0.5) is 4.39 Å². The number of halogens is 1. The average molecular weight is 509 g/mol. The van der Waals surface area contributed by atoms with E-state index in [-0.39, 0.29) is 22.8 Å². The van der Waals surface area contributed by atoms with Crippen molar-refractivity contribution in [3.05, 3.63) is 65.7 Å². The molecular formula is C26H33FO5S2. The molecule has 3 N–H and O–H groups in total. The van der Waals surface area contributed by atoms with Crippen molar-refractivity contribution < 1.29 is 28.1 Å². The molecule has 34 heavy (non-hydrogen) atoms. The van der Waals surface area contributed by atoms with Gasteiger partial charge in [0.05, 0.1) is 15.0 Å². The standard InChI is InChI=1S/C26H33FO5S2/c1-4-6-10-19-13-20(18-11-8-7-9-12-18)21-14-24(33-5-2)23(32-16-22(27)26(28)29)15-25(21)34(30,31)17(19)3/h7-9,11-12,14-17,19-20,30-31H,4-6,10,13H2,1-3H3,(H,28,29)/b22-16-. The van der Waals surface area contributed by atoms with E-state index in [4.69, 9.17) is 9.84 Å². The number of fused-ring (bicyclic) bond motifs is 1. The predicted molar refractivity (Wildman–Crippen MR) is 137 cm³/mol. The zero-order valence-electron chi connectivity index (χ0n) is 19.7. The van der Waals surface area contributed by atoms with Crippen LogP contribution in [0.1, 0.15) is 63.5 Å². The van der Waals surface area contributed by atoms with E-state index >= 15 is 0 Å². The molecule has 0 bridgehead atoms. The normalized spacial score (nSPS) is 23.0. The minimum absolute atomic E-state index is 0.0364. The Labute approximate surface area is 206 Å². The first-order valence-electron chi connectivity index (χ1n) is 11.6. The van der Waals surface area contributed by atoms with Gasteiger partial charge in [-0.25, -0.2) is 4.79 Å². The maximum absolute atomic E-state index is 13.6. The fourth-order valence-corrected chi connectivity index (χ4v) is 7.31. The fourth-order valence-electron chi connectivity index (χ4n) is 4.53. The summed E-state index contributed by atoms with van der Waals surface area (Å²) < 4.78 is 42.1. The molecule has 1 aliphatic rings. The Kier molecular flexibility index (Phi) is 9.09. The summed E-state index contributed by atoms with van der Waals surface area (Å²) in [6, 6.07) is 13.5. The van der Waals surface area contributed by atoms with Gasteiger partial charge < -0.3 is 9.84 Å². The van der Waals surface area contributed by atoms with Gasteiger partial charge >= 0.3 is 5.97 Å². The van der Waals surface area contributed by atoms with Crippen molar-refractivity contribution in [3.8, 4) is 5.75 Å². The third kappa shape index (κ3) is 5.79. The largest absolute Gasteiger partial charge is 0.476 e. The number of carbonyl (C=O) groups is 1. The van der Waals surface area contributed by atoms with Gasteiger partial charge in [0.1, 0.15) is 12.0 Å². The molecule has 3 rings (SSSR count). The van der Waals surface area contributed by atoms with Gasteiger partial charge in [-0.3, -0.25) is 9.11 Å². The zero-order chi connectivity index (χ0) is 24.9. The number of benzene rings is 2. The van der Waals surface area contributed by atoms with Crippen molar-refractivity contribution in [2.45, 2.75) is 67.4 Å². The summed E-state index contributed by atoms with van der Waals surface area (Å²) in [5, 5.41) is 8.47. The van der Waals surface area contributed by atoms with Gasteiger partial charge in [-0.1, -0.05) is 57.0 Å². The number of aliphatic carboxylic acids is 1. The van der Waals surface area contributed by atoms with Crippen LogP contribution < -0.4 is 4.74 Å². The molecule has 0 amide bonds. The van der Waals surface area contributed by atoms with Crippen LogP contribution in [0.25, 0.3) is 0 Å². The second kappa shape index (κ2) is 11.6. The van der Waals surface area contributed by atoms with Gasteiger partial charge in [0.15, 0.2) is 0 Å². The van der Waals surface area contributed by atoms with Gasteiger partial charge in [-0.15, -0.1) is 11.8 Å². The topological polar surface area (TPSA) is 87.0 Å². The average Bonchev–Trinajstić information content (AvgIpc) is 2.90. The molecule has 1 heterocycles. The first-order valence-corrected chi connectivity index (χ1v) is 14.2. The first kappa shape index (κ1) is 26.6. The van der Waals surface area contributed by atoms with Crippen molar-refractivity contribution in [3.63, 3.8) is 0 Å². The second-order valence-electron chi connectivity index (χ2n) is 8.56. The number of thioether (sulfide) groups is 1.